The van der Waals surface area contributed by atoms with Gasteiger partial charge in [0.1, 0.15) is 54.4 Å². The highest BCUT2D eigenvalue weighted by Crippen LogP contribution is 2.27. The Morgan fingerprint density at radius 2 is 1.02 bits per heavy atom. The molecule has 2 aromatic heterocycles. The summed E-state index contributed by atoms with van der Waals surface area (Å²) >= 11 is 2.51. The molecule has 5 rings (SSSR count). The van der Waals surface area contributed by atoms with E-state index in [0.717, 1.165) is 4.90 Å². The number of thiophene rings is 2. The van der Waals surface area contributed by atoms with Crippen molar-refractivity contribution in [2.75, 3.05) is 45.9 Å². The molecular formula is C59H87N19O14S2. The van der Waals surface area contributed by atoms with E-state index < -0.39 is 139 Å². The molecule has 0 spiro atoms. The van der Waals surface area contributed by atoms with Gasteiger partial charge < -0.3 is 102 Å². The summed E-state index contributed by atoms with van der Waals surface area (Å²) in [6.45, 7) is 0.0927. The van der Waals surface area contributed by atoms with E-state index in [4.69, 9.17) is 34.4 Å². The molecule has 4 heterocycles. The summed E-state index contributed by atoms with van der Waals surface area (Å²) in [6, 6.07) is 2.81. The van der Waals surface area contributed by atoms with E-state index in [0.29, 0.717) is 21.7 Å². The number of aliphatic imine (C=N–C) groups is 3. The van der Waals surface area contributed by atoms with Crippen molar-refractivity contribution < 1.29 is 68.1 Å². The van der Waals surface area contributed by atoms with Crippen LogP contribution in [0.3, 0.4) is 0 Å². The zero-order valence-electron chi connectivity index (χ0n) is 52.1. The maximum absolute atomic E-state index is 14.5. The number of nitrogens with zero attached hydrogens (tertiary/aromatic N) is 5. The van der Waals surface area contributed by atoms with Gasteiger partial charge in [0.2, 0.25) is 59.1 Å². The summed E-state index contributed by atoms with van der Waals surface area (Å²) in [5.41, 5.74) is 33.3. The normalized spacial score (nSPS) is 17.2. The second-order valence-corrected chi connectivity index (χ2v) is 24.3. The number of nitrogens with one attached hydrogen (secondary N) is 8. The van der Waals surface area contributed by atoms with E-state index in [1.807, 2.05) is 0 Å². The summed E-state index contributed by atoms with van der Waals surface area (Å²) in [5, 5.41) is 55.7. The van der Waals surface area contributed by atoms with Gasteiger partial charge in [-0.2, -0.15) is 0 Å². The van der Waals surface area contributed by atoms with Crippen molar-refractivity contribution in [2.24, 2.45) is 49.4 Å². The molecule has 514 valence electrons. The molecule has 0 saturated carbocycles. The second-order valence-electron chi connectivity index (χ2n) is 22.3. The fourth-order valence-corrected chi connectivity index (χ4v) is 11.9. The molecule has 94 heavy (non-hydrogen) atoms. The third-order valence-electron chi connectivity index (χ3n) is 15.2. The van der Waals surface area contributed by atoms with Crippen LogP contribution in [0.4, 0.5) is 0 Å². The van der Waals surface area contributed by atoms with Crippen LogP contribution in [0.25, 0.3) is 0 Å². The predicted octanol–water partition coefficient (Wildman–Crippen LogP) is -5.05. The van der Waals surface area contributed by atoms with Gasteiger partial charge in [-0.15, -0.1) is 22.7 Å². The second kappa shape index (κ2) is 38.5. The zero-order valence-corrected chi connectivity index (χ0v) is 53.7. The maximum Gasteiger partial charge on any atom is 0.326 e. The number of carbonyl (C=O) groups excluding carboxylic acids is 10. The number of carboxylic acid groups (broad SMARTS) is 1. The van der Waals surface area contributed by atoms with Crippen LogP contribution >= 0.6 is 22.7 Å². The van der Waals surface area contributed by atoms with Crippen LogP contribution in [-0.2, 0) is 72.0 Å². The van der Waals surface area contributed by atoms with Gasteiger partial charge in [-0.05, 0) is 86.2 Å². The van der Waals surface area contributed by atoms with E-state index in [-0.39, 0.29) is 128 Å². The van der Waals surface area contributed by atoms with E-state index in [9.17, 15) is 68.1 Å². The lowest BCUT2D eigenvalue weighted by molar-refractivity contribution is -0.149. The molecule has 2 aliphatic rings. The van der Waals surface area contributed by atoms with Crippen LogP contribution < -0.4 is 76.9 Å². The predicted molar refractivity (Wildman–Crippen MR) is 348 cm³/mol. The topological polar surface area (TPSA) is 544 Å². The number of aliphatic hydroxyl groups is 2. The Balaban J connectivity index is 1.27. The SMILES string of the molecule is CCC(=O)NC(CCCN=C(N)N)C(=O)NC(CCCN=C(N)N)C(=O)N1CCCC1C(=O)N1CCC(O)C1C(=O)NCC(=O)NC(Cc1cccs1)C(=O)NC(CO)C(=O)NC(Cc1ccccc1)C(=O)NC(Cc1cccs1)C(=O)NC(CCCN=C(N)N)C(=O)O. The number of aliphatic hydroxyl groups excluding tert-OH is 2. The van der Waals surface area contributed by atoms with Crippen LogP contribution in [0, 0.1) is 0 Å². The summed E-state index contributed by atoms with van der Waals surface area (Å²) in [4.78, 5) is 167. The Morgan fingerprint density at radius 3 is 1.53 bits per heavy atom. The zero-order chi connectivity index (χ0) is 68.9. The Morgan fingerprint density at radius 1 is 0.553 bits per heavy atom. The molecular weight excluding hydrogens is 1260 g/mol. The number of guanidine groups is 3. The van der Waals surface area contributed by atoms with Crippen molar-refractivity contribution in [3.63, 3.8) is 0 Å². The Kier molecular flexibility index (Phi) is 30.8. The van der Waals surface area contributed by atoms with Crippen molar-refractivity contribution in [1.29, 1.82) is 0 Å². The maximum atomic E-state index is 14.5. The van der Waals surface area contributed by atoms with Crippen molar-refractivity contribution in [3.05, 3.63) is 80.7 Å². The van der Waals surface area contributed by atoms with Gasteiger partial charge in [0.25, 0.3) is 0 Å². The van der Waals surface area contributed by atoms with Gasteiger partial charge >= 0.3 is 5.97 Å². The minimum Gasteiger partial charge on any atom is -0.480 e. The molecule has 0 radical (unpaired) electrons. The molecule has 2 aliphatic heterocycles. The van der Waals surface area contributed by atoms with Crippen LogP contribution in [0.1, 0.15) is 86.4 Å². The monoisotopic (exact) mass is 1350 g/mol. The minimum absolute atomic E-state index is 0.00858. The number of aliphatic carboxylic acids is 1. The van der Waals surface area contributed by atoms with Gasteiger partial charge in [-0.1, -0.05) is 49.4 Å². The lowest BCUT2D eigenvalue weighted by atomic mass is 10.0. The first-order chi connectivity index (χ1) is 44.9. The number of hydrogen-bond acceptors (Lipinski definition) is 18. The highest BCUT2D eigenvalue weighted by molar-refractivity contribution is 7.10. The molecule has 0 bridgehead atoms. The highest BCUT2D eigenvalue weighted by atomic mass is 32.1. The quantitative estimate of drug-likeness (QED) is 0.0145. The lowest BCUT2D eigenvalue weighted by Gasteiger charge is -2.33. The first kappa shape index (κ1) is 75.2. The molecule has 10 atom stereocenters. The number of carbonyl (C=O) groups is 11. The van der Waals surface area contributed by atoms with E-state index in [1.54, 1.807) is 72.3 Å². The molecule has 3 aromatic rings. The standard InChI is InChI=1S/C59H87N19O14S2/c1-2-45(81)70-36(16-6-21-66-57(60)61)48(83)72-37(17-7-22-67-58(62)63)54(89)77-24-9-19-43(77)55(90)78-25-20-44(80)47(78)53(88)69-31-46(82)71-40(29-34-14-10-26-93-34)50(85)76-42(32-79)52(87)74-39(28-33-12-4-3-5-13-33)49(84)75-41(30-35-15-11-27-94-35)51(86)73-38(56(91)92)18-8-23-68-59(64)65/h3-5,10-15,26-27,36-44,47,79-80H,2,6-9,16-25,28-32H2,1H3,(H,69,88)(H,70,81)(H,71,82)(H,72,83)(H,73,86)(H,74,87)(H,75,84)(H,76,85)(H,91,92)(H4,60,61,66)(H4,62,63,67)(H4,64,65,68). The Bertz CT molecular complexity index is 3130. The van der Waals surface area contributed by atoms with Gasteiger partial charge in [-0.3, -0.25) is 62.9 Å². The average molecular weight is 1350 g/mol. The molecule has 2 saturated heterocycles. The number of carboxylic acids is 1. The molecule has 33 nitrogen and oxygen atoms in total. The van der Waals surface area contributed by atoms with Crippen molar-refractivity contribution in [1.82, 2.24) is 52.3 Å². The van der Waals surface area contributed by atoms with E-state index in [1.165, 1.54) is 27.6 Å². The van der Waals surface area contributed by atoms with Crippen molar-refractivity contribution in [3.8, 4) is 0 Å². The van der Waals surface area contributed by atoms with Gasteiger partial charge in [0, 0.05) is 68.2 Å². The summed E-state index contributed by atoms with van der Waals surface area (Å²) < 4.78 is 0. The first-order valence-electron chi connectivity index (χ1n) is 30.6. The van der Waals surface area contributed by atoms with Crippen molar-refractivity contribution >= 4 is 106 Å². The van der Waals surface area contributed by atoms with Crippen LogP contribution in [-0.4, -0.2) is 214 Å². The molecule has 10 unspecified atom stereocenters. The van der Waals surface area contributed by atoms with Gasteiger partial charge in [-0.25, -0.2) is 4.79 Å². The molecule has 35 heteroatoms. The van der Waals surface area contributed by atoms with Gasteiger partial charge in [0.05, 0.1) is 19.3 Å². The Hall–Kier alpha value is -9.48. The minimum atomic E-state index is -1.74. The molecule has 10 amide bonds. The summed E-state index contributed by atoms with van der Waals surface area (Å²) in [5.74, 6) is -9.97. The van der Waals surface area contributed by atoms with Crippen LogP contribution in [0.15, 0.2) is 80.3 Å². The number of hydrogen-bond donors (Lipinski definition) is 17. The average Bonchev–Trinajstić information content (AvgIpc) is 1.63. The molecule has 0 aliphatic carbocycles. The third kappa shape index (κ3) is 24.5. The number of amides is 10. The number of likely N-dealkylation sites (tertiary alicyclic amines) is 2. The molecule has 1 aromatic carbocycles. The number of rotatable bonds is 38. The highest BCUT2D eigenvalue weighted by Gasteiger charge is 2.47. The largest absolute Gasteiger partial charge is 0.480 e. The smallest absolute Gasteiger partial charge is 0.326 e. The fourth-order valence-electron chi connectivity index (χ4n) is 10.4. The number of nitrogens with two attached hydrogens (primary N) is 6. The van der Waals surface area contributed by atoms with Gasteiger partial charge in [0.15, 0.2) is 17.9 Å². The third-order valence-corrected chi connectivity index (χ3v) is 17.0. The Labute approximate surface area is 550 Å². The first-order valence-corrected chi connectivity index (χ1v) is 32.4. The van der Waals surface area contributed by atoms with E-state index in [2.05, 4.69) is 57.5 Å². The summed E-state index contributed by atoms with van der Waals surface area (Å²) in [6.07, 6.45) is -0.553. The molecule has 2 fully saturated rings. The lowest BCUT2D eigenvalue weighted by Crippen LogP contribution is -2.60. The number of benzene rings is 1. The van der Waals surface area contributed by atoms with E-state index >= 15 is 0 Å². The van der Waals surface area contributed by atoms with Crippen LogP contribution in [0.5, 0.6) is 0 Å². The molecule has 23 N–H and O–H groups in total. The van der Waals surface area contributed by atoms with Crippen LogP contribution in [0.2, 0.25) is 0 Å². The summed E-state index contributed by atoms with van der Waals surface area (Å²) in [7, 11) is 0. The fraction of sp³-hybridized carbons (Fsp3) is 0.525. The van der Waals surface area contributed by atoms with Crippen molar-refractivity contribution in [2.45, 2.75) is 151 Å².